The van der Waals surface area contributed by atoms with E-state index >= 15 is 0 Å². The molecule has 10 nitrogen and oxygen atoms in total. The summed E-state index contributed by atoms with van der Waals surface area (Å²) in [4.78, 5) is 34.0. The van der Waals surface area contributed by atoms with Crippen molar-refractivity contribution in [2.45, 2.75) is 46.3 Å². The number of hydrogen-bond donors (Lipinski definition) is 3. The van der Waals surface area contributed by atoms with Gasteiger partial charge in [-0.3, -0.25) is 14.2 Å². The van der Waals surface area contributed by atoms with Gasteiger partial charge in [-0.15, -0.1) is 0 Å². The Bertz CT molecular complexity index is 1270. The summed E-state index contributed by atoms with van der Waals surface area (Å²) < 4.78 is 12.2. The first-order chi connectivity index (χ1) is 16.3. The molecule has 1 aliphatic heterocycles. The number of amides is 1. The summed E-state index contributed by atoms with van der Waals surface area (Å²) in [6.45, 7) is 5.96. The van der Waals surface area contributed by atoms with Crippen LogP contribution in [-0.4, -0.2) is 33.3 Å². The molecular formula is C24H28N6O4. The van der Waals surface area contributed by atoms with Crippen LogP contribution in [0.25, 0.3) is 0 Å². The zero-order chi connectivity index (χ0) is 24.2. The fourth-order valence-electron chi connectivity index (χ4n) is 3.76. The van der Waals surface area contributed by atoms with Crippen LogP contribution in [0.3, 0.4) is 0 Å². The lowest BCUT2D eigenvalue weighted by Crippen LogP contribution is -2.35. The van der Waals surface area contributed by atoms with Gasteiger partial charge in [0.25, 0.3) is 5.56 Å². The van der Waals surface area contributed by atoms with Crippen molar-refractivity contribution in [3.05, 3.63) is 69.4 Å². The van der Waals surface area contributed by atoms with E-state index in [0.717, 1.165) is 28.3 Å². The van der Waals surface area contributed by atoms with Crippen LogP contribution in [-0.2, 0) is 24.3 Å². The highest BCUT2D eigenvalue weighted by Crippen LogP contribution is 2.32. The quantitative estimate of drug-likeness (QED) is 0.461. The van der Waals surface area contributed by atoms with Crippen LogP contribution in [0, 0.1) is 13.8 Å². The second kappa shape index (κ2) is 9.82. The van der Waals surface area contributed by atoms with E-state index in [1.54, 1.807) is 19.2 Å². The van der Waals surface area contributed by atoms with Crippen LogP contribution in [0.5, 0.6) is 11.5 Å². The number of pyridine rings is 1. The number of hydrogen-bond acceptors (Lipinski definition) is 8. The van der Waals surface area contributed by atoms with Crippen molar-refractivity contribution in [1.82, 2.24) is 19.9 Å². The van der Waals surface area contributed by atoms with Gasteiger partial charge in [0.15, 0.2) is 17.3 Å². The van der Waals surface area contributed by atoms with Crippen molar-refractivity contribution >= 4 is 17.5 Å². The lowest BCUT2D eigenvalue weighted by molar-refractivity contribution is -0.121. The molecule has 0 spiro atoms. The predicted octanol–water partition coefficient (Wildman–Crippen LogP) is 1.93. The molecule has 0 radical (unpaired) electrons. The Morgan fingerprint density at radius 2 is 2.00 bits per heavy atom. The van der Waals surface area contributed by atoms with E-state index in [1.165, 1.54) is 4.57 Å². The molecule has 2 aromatic heterocycles. The van der Waals surface area contributed by atoms with Gasteiger partial charge in [-0.05, 0) is 56.5 Å². The molecule has 1 atom stereocenters. The van der Waals surface area contributed by atoms with Gasteiger partial charge >= 0.3 is 0 Å². The van der Waals surface area contributed by atoms with Crippen molar-refractivity contribution in [3.63, 3.8) is 0 Å². The largest absolute Gasteiger partial charge is 0.454 e. The average Bonchev–Trinajstić information content (AvgIpc) is 3.26. The maximum absolute atomic E-state index is 13.0. The van der Waals surface area contributed by atoms with Gasteiger partial charge in [-0.25, -0.2) is 9.97 Å². The molecule has 34 heavy (non-hydrogen) atoms. The SMILES string of the molecule is Cc1nc(N)ccc1CNC(=O)Cn1c(C)cnc(NC(C)Cc2ccc3c(c2)OCO3)c1=O. The van der Waals surface area contributed by atoms with Gasteiger partial charge in [-0.2, -0.15) is 0 Å². The van der Waals surface area contributed by atoms with E-state index < -0.39 is 0 Å². The van der Waals surface area contributed by atoms with Crippen LogP contribution in [0.4, 0.5) is 11.6 Å². The summed E-state index contributed by atoms with van der Waals surface area (Å²) in [5, 5.41) is 6.00. The number of fused-ring (bicyclic) bond motifs is 1. The first kappa shape index (κ1) is 23.1. The molecule has 10 heteroatoms. The zero-order valence-electron chi connectivity index (χ0n) is 19.4. The Labute approximate surface area is 197 Å². The Balaban J connectivity index is 1.39. The van der Waals surface area contributed by atoms with Gasteiger partial charge in [0.05, 0.1) is 0 Å². The number of carbonyl (C=O) groups is 1. The average molecular weight is 465 g/mol. The third-order valence-corrected chi connectivity index (χ3v) is 5.61. The van der Waals surface area contributed by atoms with Crippen molar-refractivity contribution in [1.29, 1.82) is 0 Å². The minimum Gasteiger partial charge on any atom is -0.454 e. The highest BCUT2D eigenvalue weighted by Gasteiger charge is 2.16. The van der Waals surface area contributed by atoms with Crippen LogP contribution >= 0.6 is 0 Å². The van der Waals surface area contributed by atoms with Crippen LogP contribution in [0.15, 0.2) is 41.3 Å². The normalized spacial score (nSPS) is 12.9. The molecular weight excluding hydrogens is 436 g/mol. The Kier molecular flexibility index (Phi) is 6.67. The highest BCUT2D eigenvalue weighted by atomic mass is 16.7. The molecule has 3 heterocycles. The minimum absolute atomic E-state index is 0.0773. The van der Waals surface area contributed by atoms with E-state index in [4.69, 9.17) is 15.2 Å². The lowest BCUT2D eigenvalue weighted by atomic mass is 10.1. The van der Waals surface area contributed by atoms with Crippen molar-refractivity contribution in [3.8, 4) is 11.5 Å². The first-order valence-electron chi connectivity index (χ1n) is 11.0. The van der Waals surface area contributed by atoms with Gasteiger partial charge in [0.2, 0.25) is 12.7 Å². The van der Waals surface area contributed by atoms with Gasteiger partial charge < -0.3 is 25.8 Å². The molecule has 178 valence electrons. The summed E-state index contributed by atoms with van der Waals surface area (Å²) in [6, 6.07) is 9.22. The summed E-state index contributed by atoms with van der Waals surface area (Å²) in [5.41, 5.74) is 8.58. The molecule has 0 saturated heterocycles. The number of nitrogens with zero attached hydrogens (tertiary/aromatic N) is 3. The number of aromatic nitrogens is 3. The number of aryl methyl sites for hydroxylation is 2. The van der Waals surface area contributed by atoms with E-state index in [-0.39, 0.29) is 36.7 Å². The monoisotopic (exact) mass is 464 g/mol. The number of ether oxygens (including phenoxy) is 2. The molecule has 0 fully saturated rings. The second-order valence-electron chi connectivity index (χ2n) is 8.33. The minimum atomic E-state index is -0.349. The number of carbonyl (C=O) groups excluding carboxylic acids is 1. The van der Waals surface area contributed by atoms with Crippen LogP contribution < -0.4 is 31.4 Å². The predicted molar refractivity (Wildman–Crippen MR) is 128 cm³/mol. The Morgan fingerprint density at radius 1 is 1.21 bits per heavy atom. The molecule has 0 bridgehead atoms. The number of rotatable bonds is 8. The maximum atomic E-state index is 13.0. The lowest BCUT2D eigenvalue weighted by Gasteiger charge is -2.17. The van der Waals surface area contributed by atoms with E-state index in [0.29, 0.717) is 24.5 Å². The second-order valence-corrected chi connectivity index (χ2v) is 8.33. The van der Waals surface area contributed by atoms with E-state index in [2.05, 4.69) is 20.6 Å². The van der Waals surface area contributed by atoms with Crippen LogP contribution in [0.2, 0.25) is 0 Å². The van der Waals surface area contributed by atoms with Crippen molar-refractivity contribution < 1.29 is 14.3 Å². The summed E-state index contributed by atoms with van der Waals surface area (Å²) in [6.07, 6.45) is 2.24. The van der Waals surface area contributed by atoms with Crippen LogP contribution in [0.1, 0.15) is 29.4 Å². The summed E-state index contributed by atoms with van der Waals surface area (Å²) in [5.74, 6) is 1.79. The zero-order valence-corrected chi connectivity index (χ0v) is 19.4. The molecule has 3 aromatic rings. The van der Waals surface area contributed by atoms with Gasteiger partial charge in [0, 0.05) is 30.2 Å². The Hall–Kier alpha value is -4.08. The molecule has 4 rings (SSSR count). The maximum Gasteiger partial charge on any atom is 0.293 e. The molecule has 1 amide bonds. The number of nitrogens with one attached hydrogen (secondary N) is 2. The van der Waals surface area contributed by atoms with Crippen molar-refractivity contribution in [2.24, 2.45) is 0 Å². The third-order valence-electron chi connectivity index (χ3n) is 5.61. The highest BCUT2D eigenvalue weighted by molar-refractivity contribution is 5.75. The van der Waals surface area contributed by atoms with Crippen molar-refractivity contribution in [2.75, 3.05) is 17.8 Å². The van der Waals surface area contributed by atoms with Gasteiger partial charge in [0.1, 0.15) is 12.4 Å². The summed E-state index contributed by atoms with van der Waals surface area (Å²) in [7, 11) is 0. The smallest absolute Gasteiger partial charge is 0.293 e. The molecule has 1 aliphatic rings. The fourth-order valence-corrected chi connectivity index (χ4v) is 3.76. The molecule has 1 unspecified atom stereocenters. The van der Waals surface area contributed by atoms with E-state index in [1.807, 2.05) is 38.1 Å². The number of nitrogens with two attached hydrogens (primary N) is 1. The molecule has 0 saturated carbocycles. The first-order valence-corrected chi connectivity index (χ1v) is 11.0. The summed E-state index contributed by atoms with van der Waals surface area (Å²) >= 11 is 0. The number of anilines is 2. The standard InChI is InChI=1S/C24H28N6O4/c1-14(8-17-4-6-19-20(9-17)34-13-33-19)28-23-24(32)30(15(2)10-27-23)12-22(31)26-11-18-5-7-21(25)29-16(18)3/h4-7,9-10,14H,8,11-13H2,1-3H3,(H2,25,29)(H,26,31)(H,27,28). The third kappa shape index (κ3) is 5.28. The topological polar surface area (TPSA) is 133 Å². The Morgan fingerprint density at radius 3 is 2.79 bits per heavy atom. The van der Waals surface area contributed by atoms with Gasteiger partial charge in [-0.1, -0.05) is 12.1 Å². The number of nitrogen functional groups attached to an aromatic ring is 1. The molecule has 4 N–H and O–H groups in total. The number of benzene rings is 1. The van der Waals surface area contributed by atoms with E-state index in [9.17, 15) is 9.59 Å². The molecule has 0 aliphatic carbocycles. The molecule has 1 aromatic carbocycles. The fraction of sp³-hybridized carbons (Fsp3) is 0.333.